The first-order chi connectivity index (χ1) is 14.2. The van der Waals surface area contributed by atoms with Gasteiger partial charge in [0.2, 0.25) is 0 Å². The number of aliphatic hydroxyl groups is 2. The molecule has 1 aliphatic rings. The molecule has 0 spiro atoms. The number of anilines is 1. The lowest BCUT2D eigenvalue weighted by atomic mass is 9.93. The van der Waals surface area contributed by atoms with E-state index in [9.17, 15) is 14.8 Å². The molecule has 2 aromatic rings. The zero-order valence-electron chi connectivity index (χ0n) is 18.0. The minimum absolute atomic E-state index is 0.0583. The van der Waals surface area contributed by atoms with Gasteiger partial charge in [0.1, 0.15) is 29.7 Å². The van der Waals surface area contributed by atoms with Crippen molar-refractivity contribution in [1.82, 2.24) is 19.5 Å². The molecule has 3 heterocycles. The van der Waals surface area contributed by atoms with Gasteiger partial charge in [-0.05, 0) is 31.3 Å². The van der Waals surface area contributed by atoms with Crippen LogP contribution in [-0.4, -0.2) is 66.4 Å². The largest absolute Gasteiger partial charge is 0.511 e. The van der Waals surface area contributed by atoms with Crippen LogP contribution >= 0.6 is 8.03 Å². The van der Waals surface area contributed by atoms with Gasteiger partial charge in [0.15, 0.2) is 23.4 Å². The first-order valence-corrected chi connectivity index (χ1v) is 11.5. The lowest BCUT2D eigenvalue weighted by Gasteiger charge is -2.27. The SMILES string of the molecule is CCC(C)[P+](=O)O[C@@](C)(CC)C[C@H]1OC(n2cnc3c(NC)ncnc32)[C@H](O)C1O. The number of aromatic nitrogens is 4. The van der Waals surface area contributed by atoms with E-state index in [2.05, 4.69) is 20.3 Å². The molecule has 30 heavy (non-hydrogen) atoms. The van der Waals surface area contributed by atoms with Crippen LogP contribution < -0.4 is 5.32 Å². The minimum atomic E-state index is -1.85. The number of imidazole rings is 1. The fourth-order valence-corrected chi connectivity index (χ4v) is 4.59. The van der Waals surface area contributed by atoms with E-state index >= 15 is 0 Å². The third-order valence-electron chi connectivity index (χ3n) is 5.85. The Bertz CT molecular complexity index is 895. The average Bonchev–Trinajstić information content (AvgIpc) is 3.29. The van der Waals surface area contributed by atoms with Crippen molar-refractivity contribution < 1.29 is 24.0 Å². The van der Waals surface area contributed by atoms with Crippen molar-refractivity contribution in [2.45, 2.75) is 82.8 Å². The van der Waals surface area contributed by atoms with Crippen LogP contribution in [0.3, 0.4) is 0 Å². The third kappa shape index (κ3) is 4.33. The zero-order chi connectivity index (χ0) is 22.1. The Labute approximate surface area is 176 Å². The molecule has 0 saturated carbocycles. The van der Waals surface area contributed by atoms with Gasteiger partial charge in [-0.1, -0.05) is 13.8 Å². The molecule has 2 aromatic heterocycles. The van der Waals surface area contributed by atoms with E-state index in [0.29, 0.717) is 29.8 Å². The molecule has 0 bridgehead atoms. The molecule has 0 aromatic carbocycles. The zero-order valence-corrected chi connectivity index (χ0v) is 18.9. The highest BCUT2D eigenvalue weighted by Crippen LogP contribution is 2.43. The molecule has 11 heteroatoms. The summed E-state index contributed by atoms with van der Waals surface area (Å²) in [5.74, 6) is 0.559. The second-order valence-corrected chi connectivity index (χ2v) is 9.62. The molecule has 1 saturated heterocycles. The lowest BCUT2D eigenvalue weighted by molar-refractivity contribution is -0.0621. The number of hydrogen-bond donors (Lipinski definition) is 3. The molecule has 10 nitrogen and oxygen atoms in total. The highest BCUT2D eigenvalue weighted by molar-refractivity contribution is 7.40. The van der Waals surface area contributed by atoms with Crippen molar-refractivity contribution in [1.29, 1.82) is 0 Å². The van der Waals surface area contributed by atoms with Gasteiger partial charge in [0.05, 0.1) is 12.4 Å². The Hall–Kier alpha value is -1.71. The van der Waals surface area contributed by atoms with Crippen molar-refractivity contribution in [3.05, 3.63) is 12.7 Å². The molecule has 0 radical (unpaired) electrons. The molecular weight excluding hydrogens is 409 g/mol. The number of aliphatic hydroxyl groups excluding tert-OH is 2. The van der Waals surface area contributed by atoms with Crippen molar-refractivity contribution in [2.75, 3.05) is 12.4 Å². The normalized spacial score (nSPS) is 27.8. The predicted octanol–water partition coefficient (Wildman–Crippen LogP) is 2.60. The van der Waals surface area contributed by atoms with Crippen molar-refractivity contribution in [2.24, 2.45) is 0 Å². The molecule has 0 amide bonds. The lowest BCUT2D eigenvalue weighted by Crippen LogP contribution is -2.38. The van der Waals surface area contributed by atoms with Crippen LogP contribution in [0.2, 0.25) is 0 Å². The molecule has 1 fully saturated rings. The van der Waals surface area contributed by atoms with Gasteiger partial charge in [-0.25, -0.2) is 15.0 Å². The maximum Gasteiger partial charge on any atom is 0.511 e. The molecule has 166 valence electrons. The Morgan fingerprint density at radius 3 is 2.70 bits per heavy atom. The van der Waals surface area contributed by atoms with E-state index in [-0.39, 0.29) is 5.66 Å². The summed E-state index contributed by atoms with van der Waals surface area (Å²) in [5.41, 5.74) is 0.217. The highest BCUT2D eigenvalue weighted by atomic mass is 31.1. The van der Waals surface area contributed by atoms with Gasteiger partial charge in [0, 0.05) is 13.5 Å². The van der Waals surface area contributed by atoms with E-state index < -0.39 is 38.2 Å². The number of nitrogens with zero attached hydrogens (tertiary/aromatic N) is 4. The van der Waals surface area contributed by atoms with Crippen LogP contribution in [0.1, 0.15) is 53.2 Å². The van der Waals surface area contributed by atoms with E-state index in [1.807, 2.05) is 27.7 Å². The monoisotopic (exact) mass is 440 g/mol. The van der Waals surface area contributed by atoms with Crippen LogP contribution in [0.5, 0.6) is 0 Å². The Morgan fingerprint density at radius 2 is 2.07 bits per heavy atom. The fourth-order valence-electron chi connectivity index (χ4n) is 3.48. The van der Waals surface area contributed by atoms with Crippen LogP contribution in [-0.2, 0) is 13.8 Å². The maximum absolute atomic E-state index is 12.5. The van der Waals surface area contributed by atoms with Gasteiger partial charge in [-0.2, -0.15) is 0 Å². The summed E-state index contributed by atoms with van der Waals surface area (Å²) in [7, 11) is -0.113. The maximum atomic E-state index is 12.5. The Kier molecular flexibility index (Phi) is 7.04. The third-order valence-corrected chi connectivity index (χ3v) is 7.55. The molecule has 0 aliphatic carbocycles. The average molecular weight is 440 g/mol. The number of ether oxygens (including phenoxy) is 1. The topological polar surface area (TPSA) is 132 Å². The highest BCUT2D eigenvalue weighted by Gasteiger charge is 2.49. The first kappa shape index (κ1) is 23.0. The summed E-state index contributed by atoms with van der Waals surface area (Å²) < 4.78 is 26.0. The molecular formula is C19H31N5O5P+. The van der Waals surface area contributed by atoms with E-state index in [0.717, 1.165) is 6.42 Å². The van der Waals surface area contributed by atoms with Crippen molar-refractivity contribution in [3.63, 3.8) is 0 Å². The second kappa shape index (κ2) is 9.20. The number of nitrogens with one attached hydrogen (secondary N) is 1. The van der Waals surface area contributed by atoms with Crippen LogP contribution in [0.4, 0.5) is 5.82 Å². The summed E-state index contributed by atoms with van der Waals surface area (Å²) in [4.78, 5) is 12.7. The van der Waals surface area contributed by atoms with Crippen LogP contribution in [0.25, 0.3) is 11.2 Å². The van der Waals surface area contributed by atoms with Crippen molar-refractivity contribution >= 4 is 25.0 Å². The van der Waals surface area contributed by atoms with Gasteiger partial charge in [0.25, 0.3) is 0 Å². The van der Waals surface area contributed by atoms with E-state index in [1.54, 1.807) is 11.6 Å². The summed E-state index contributed by atoms with van der Waals surface area (Å²) in [6.07, 6.45) is 0.677. The van der Waals surface area contributed by atoms with Gasteiger partial charge >= 0.3 is 8.03 Å². The number of fused-ring (bicyclic) bond motifs is 1. The first-order valence-electron chi connectivity index (χ1n) is 10.3. The fraction of sp³-hybridized carbons (Fsp3) is 0.737. The quantitative estimate of drug-likeness (QED) is 0.503. The summed E-state index contributed by atoms with van der Waals surface area (Å²) in [6.45, 7) is 7.65. The number of hydrogen-bond acceptors (Lipinski definition) is 9. The van der Waals surface area contributed by atoms with Crippen LogP contribution in [0, 0.1) is 0 Å². The summed E-state index contributed by atoms with van der Waals surface area (Å²) in [6, 6.07) is 0. The minimum Gasteiger partial charge on any atom is -0.388 e. The molecule has 3 N–H and O–H groups in total. The van der Waals surface area contributed by atoms with Gasteiger partial charge in [-0.3, -0.25) is 4.57 Å². The van der Waals surface area contributed by atoms with E-state index in [4.69, 9.17) is 9.26 Å². The molecule has 7 atom stereocenters. The smallest absolute Gasteiger partial charge is 0.388 e. The standard InChI is InChI=1S/C19H31N5O5P/c1-6-11(3)30(27)29-19(4,7-2)8-12-14(25)15(26)18(28-12)24-10-23-13-16(20-5)21-9-22-17(13)24/h9-12,14-15,18,25-26H,6-8H2,1-5H3,(H,20,21,22)/q+1/t11?,12-,14?,15-,18?,19+/m1/s1. The summed E-state index contributed by atoms with van der Waals surface area (Å²) >= 11 is 0. The van der Waals surface area contributed by atoms with Gasteiger partial charge < -0.3 is 20.3 Å². The Morgan fingerprint density at radius 1 is 1.33 bits per heavy atom. The molecule has 3 rings (SSSR count). The Balaban J connectivity index is 1.81. The molecule has 4 unspecified atom stereocenters. The second-order valence-electron chi connectivity index (χ2n) is 7.98. The van der Waals surface area contributed by atoms with Gasteiger partial charge in [-0.15, -0.1) is 4.52 Å². The number of rotatable bonds is 9. The van der Waals surface area contributed by atoms with Crippen molar-refractivity contribution in [3.8, 4) is 0 Å². The van der Waals surface area contributed by atoms with Crippen LogP contribution in [0.15, 0.2) is 12.7 Å². The van der Waals surface area contributed by atoms with E-state index in [1.165, 1.54) is 12.7 Å². The predicted molar refractivity (Wildman–Crippen MR) is 113 cm³/mol. The summed E-state index contributed by atoms with van der Waals surface area (Å²) in [5, 5.41) is 24.3. The molecule has 1 aliphatic heterocycles.